The lowest BCUT2D eigenvalue weighted by Crippen LogP contribution is -2.41. The SMILES string of the molecule is CC(NS(=O)(=O)c1cc(Br)cnc1NN)C(C)(C)C. The average molecular weight is 351 g/mol. The molecule has 0 bridgehead atoms. The summed E-state index contributed by atoms with van der Waals surface area (Å²) in [5, 5.41) is 0. The van der Waals surface area contributed by atoms with Crippen molar-refractivity contribution >= 4 is 31.8 Å². The van der Waals surface area contributed by atoms with Gasteiger partial charge in [-0.3, -0.25) is 0 Å². The Morgan fingerprint density at radius 1 is 1.42 bits per heavy atom. The van der Waals surface area contributed by atoms with E-state index in [1.165, 1.54) is 12.3 Å². The van der Waals surface area contributed by atoms with Gasteiger partial charge in [0.25, 0.3) is 0 Å². The normalized spacial score (nSPS) is 14.2. The van der Waals surface area contributed by atoms with Crippen molar-refractivity contribution < 1.29 is 8.42 Å². The van der Waals surface area contributed by atoms with Crippen LogP contribution in [0.3, 0.4) is 0 Å². The Hall–Kier alpha value is -0.700. The van der Waals surface area contributed by atoms with Crippen molar-refractivity contribution in [2.75, 3.05) is 5.43 Å². The third kappa shape index (κ3) is 4.13. The molecule has 1 aromatic rings. The molecule has 1 unspecified atom stereocenters. The first-order valence-electron chi connectivity index (χ1n) is 5.72. The second-order valence-corrected chi connectivity index (χ2v) is 7.95. The largest absolute Gasteiger partial charge is 0.307 e. The fourth-order valence-electron chi connectivity index (χ4n) is 1.21. The van der Waals surface area contributed by atoms with Crippen LogP contribution in [0.15, 0.2) is 21.6 Å². The van der Waals surface area contributed by atoms with E-state index in [0.717, 1.165) is 0 Å². The highest BCUT2D eigenvalue weighted by Crippen LogP contribution is 2.25. The van der Waals surface area contributed by atoms with Gasteiger partial charge in [-0.1, -0.05) is 20.8 Å². The summed E-state index contributed by atoms with van der Waals surface area (Å²) < 4.78 is 27.9. The molecule has 8 heteroatoms. The van der Waals surface area contributed by atoms with Crippen LogP contribution in [0.25, 0.3) is 0 Å². The third-order valence-electron chi connectivity index (χ3n) is 2.88. The topological polar surface area (TPSA) is 97.1 Å². The molecule has 6 nitrogen and oxygen atoms in total. The lowest BCUT2D eigenvalue weighted by Gasteiger charge is -2.28. The molecule has 0 saturated heterocycles. The van der Waals surface area contributed by atoms with Crippen LogP contribution in [0, 0.1) is 5.41 Å². The second-order valence-electron chi connectivity index (χ2n) is 5.35. The highest BCUT2D eigenvalue weighted by Gasteiger charge is 2.28. The number of nitrogens with one attached hydrogen (secondary N) is 2. The number of hydrogen-bond acceptors (Lipinski definition) is 5. The highest BCUT2D eigenvalue weighted by atomic mass is 79.9. The van der Waals surface area contributed by atoms with Crippen molar-refractivity contribution in [3.05, 3.63) is 16.7 Å². The van der Waals surface area contributed by atoms with Gasteiger partial charge in [0.2, 0.25) is 10.0 Å². The van der Waals surface area contributed by atoms with Crippen LogP contribution in [0.5, 0.6) is 0 Å². The van der Waals surface area contributed by atoms with Gasteiger partial charge in [0.15, 0.2) is 5.82 Å². The fourth-order valence-corrected chi connectivity index (χ4v) is 3.28. The minimum absolute atomic E-state index is 0.0143. The summed E-state index contributed by atoms with van der Waals surface area (Å²) >= 11 is 3.20. The van der Waals surface area contributed by atoms with Gasteiger partial charge in [-0.25, -0.2) is 24.0 Å². The lowest BCUT2D eigenvalue weighted by molar-refractivity contribution is 0.317. The first kappa shape index (κ1) is 16.4. The van der Waals surface area contributed by atoms with Crippen LogP contribution in [-0.4, -0.2) is 19.4 Å². The summed E-state index contributed by atoms with van der Waals surface area (Å²) in [6.45, 7) is 7.70. The monoisotopic (exact) mass is 350 g/mol. The third-order valence-corrected chi connectivity index (χ3v) is 4.86. The van der Waals surface area contributed by atoms with E-state index in [1.807, 2.05) is 27.7 Å². The summed E-state index contributed by atoms with van der Waals surface area (Å²) in [4.78, 5) is 3.94. The van der Waals surface area contributed by atoms with Gasteiger partial charge < -0.3 is 5.43 Å². The molecule has 0 aliphatic carbocycles. The minimum atomic E-state index is -3.69. The molecule has 0 aliphatic rings. The highest BCUT2D eigenvalue weighted by molar-refractivity contribution is 9.10. The van der Waals surface area contributed by atoms with Gasteiger partial charge >= 0.3 is 0 Å². The molecule has 0 saturated carbocycles. The van der Waals surface area contributed by atoms with Crippen molar-refractivity contribution in [3.63, 3.8) is 0 Å². The average Bonchev–Trinajstić information content (AvgIpc) is 2.27. The number of aromatic nitrogens is 1. The number of rotatable bonds is 4. The summed E-state index contributed by atoms with van der Waals surface area (Å²) in [6, 6.07) is 1.22. The number of pyridine rings is 1. The van der Waals surface area contributed by atoms with Crippen LogP contribution in [-0.2, 0) is 10.0 Å². The number of nitrogens with zero attached hydrogens (tertiary/aromatic N) is 1. The van der Waals surface area contributed by atoms with E-state index in [1.54, 1.807) is 0 Å². The Bertz CT molecular complexity index is 554. The Morgan fingerprint density at radius 3 is 2.47 bits per heavy atom. The molecule has 1 aromatic heterocycles. The predicted octanol–water partition coefficient (Wildman–Crippen LogP) is 1.84. The molecule has 108 valence electrons. The van der Waals surface area contributed by atoms with Crippen molar-refractivity contribution in [2.24, 2.45) is 11.3 Å². The Balaban J connectivity index is 3.17. The van der Waals surface area contributed by atoms with E-state index in [9.17, 15) is 8.42 Å². The van der Waals surface area contributed by atoms with Gasteiger partial charge in [-0.15, -0.1) is 0 Å². The van der Waals surface area contributed by atoms with Gasteiger partial charge in [-0.05, 0) is 34.3 Å². The van der Waals surface area contributed by atoms with Crippen molar-refractivity contribution in [2.45, 2.75) is 38.6 Å². The maximum atomic E-state index is 12.4. The zero-order valence-corrected chi connectivity index (χ0v) is 13.8. The summed E-state index contributed by atoms with van der Waals surface area (Å²) in [6.07, 6.45) is 1.47. The van der Waals surface area contributed by atoms with Gasteiger partial charge in [0.05, 0.1) is 0 Å². The number of hydrazine groups is 1. The molecule has 0 spiro atoms. The maximum Gasteiger partial charge on any atom is 0.244 e. The number of anilines is 1. The molecule has 0 amide bonds. The lowest BCUT2D eigenvalue weighted by atomic mass is 9.89. The molecule has 4 N–H and O–H groups in total. The van der Waals surface area contributed by atoms with Gasteiger partial charge in [0.1, 0.15) is 4.90 Å². The van der Waals surface area contributed by atoms with E-state index >= 15 is 0 Å². The zero-order chi connectivity index (χ0) is 14.8. The Labute approximate surface area is 122 Å². The quantitative estimate of drug-likeness (QED) is 0.568. The zero-order valence-electron chi connectivity index (χ0n) is 11.4. The molecule has 0 radical (unpaired) electrons. The van der Waals surface area contributed by atoms with Crippen LogP contribution in [0.1, 0.15) is 27.7 Å². The van der Waals surface area contributed by atoms with E-state index in [2.05, 4.69) is 31.1 Å². The first-order valence-corrected chi connectivity index (χ1v) is 8.00. The van der Waals surface area contributed by atoms with E-state index in [-0.39, 0.29) is 22.2 Å². The van der Waals surface area contributed by atoms with E-state index < -0.39 is 10.0 Å². The minimum Gasteiger partial charge on any atom is -0.307 e. The number of hydrogen-bond donors (Lipinski definition) is 3. The second kappa shape index (κ2) is 5.74. The number of sulfonamides is 1. The molecule has 0 aliphatic heterocycles. The maximum absolute atomic E-state index is 12.4. The fraction of sp³-hybridized carbons (Fsp3) is 0.545. The Kier molecular flexibility index (Phi) is 4.94. The molecule has 0 fully saturated rings. The first-order chi connectivity index (χ1) is 8.58. The molecule has 19 heavy (non-hydrogen) atoms. The number of nitrogen functional groups attached to an aromatic ring is 1. The van der Waals surface area contributed by atoms with Crippen molar-refractivity contribution in [3.8, 4) is 0 Å². The number of nitrogens with two attached hydrogens (primary N) is 1. The molecular formula is C11H19BrN4O2S. The number of halogens is 1. The van der Waals surface area contributed by atoms with E-state index in [0.29, 0.717) is 4.47 Å². The van der Waals surface area contributed by atoms with Crippen LogP contribution in [0.2, 0.25) is 0 Å². The smallest absolute Gasteiger partial charge is 0.244 e. The standard InChI is InChI=1S/C11H19BrN4O2S/c1-7(11(2,3)4)16-19(17,18)9-5-8(12)6-14-10(9)15-13/h5-7,16H,13H2,1-4H3,(H,14,15). The summed E-state index contributed by atoms with van der Waals surface area (Å²) in [7, 11) is -3.69. The molecule has 1 atom stereocenters. The molecule has 1 heterocycles. The molecule has 0 aromatic carbocycles. The van der Waals surface area contributed by atoms with Crippen LogP contribution in [0.4, 0.5) is 5.82 Å². The van der Waals surface area contributed by atoms with Gasteiger partial charge in [0, 0.05) is 16.7 Å². The molecular weight excluding hydrogens is 332 g/mol. The van der Waals surface area contributed by atoms with Crippen molar-refractivity contribution in [1.29, 1.82) is 0 Å². The van der Waals surface area contributed by atoms with Crippen LogP contribution < -0.4 is 16.0 Å². The van der Waals surface area contributed by atoms with E-state index in [4.69, 9.17) is 5.84 Å². The van der Waals surface area contributed by atoms with Gasteiger partial charge in [-0.2, -0.15) is 0 Å². The Morgan fingerprint density at radius 2 is 2.00 bits per heavy atom. The van der Waals surface area contributed by atoms with Crippen molar-refractivity contribution in [1.82, 2.24) is 9.71 Å². The van der Waals surface area contributed by atoms with Crippen LogP contribution >= 0.6 is 15.9 Å². The summed E-state index contributed by atoms with van der Waals surface area (Å²) in [5.74, 6) is 5.40. The summed E-state index contributed by atoms with van der Waals surface area (Å²) in [5.41, 5.74) is 2.10. The molecule has 1 rings (SSSR count). The predicted molar refractivity (Wildman–Crippen MR) is 79.0 cm³/mol.